The van der Waals surface area contributed by atoms with Crippen LogP contribution < -0.4 is 10.1 Å². The molecular weight excluding hydrogens is 344 g/mol. The van der Waals surface area contributed by atoms with Crippen molar-refractivity contribution in [3.8, 4) is 5.75 Å². The minimum atomic E-state index is -0.251. The number of rotatable bonds is 5. The second kappa shape index (κ2) is 6.71. The summed E-state index contributed by atoms with van der Waals surface area (Å²) in [5.41, 5.74) is 3.11. The lowest BCUT2D eigenvalue weighted by Crippen LogP contribution is -2.25. The summed E-state index contributed by atoms with van der Waals surface area (Å²) in [5.74, 6) is 1.15. The van der Waals surface area contributed by atoms with Gasteiger partial charge in [-0.1, -0.05) is 13.8 Å². The minimum absolute atomic E-state index is 0.187. The van der Waals surface area contributed by atoms with E-state index in [2.05, 4.69) is 25.4 Å². The van der Waals surface area contributed by atoms with Gasteiger partial charge in [-0.25, -0.2) is 9.50 Å². The summed E-state index contributed by atoms with van der Waals surface area (Å²) in [5, 5.41) is 8.11. The van der Waals surface area contributed by atoms with E-state index in [0.717, 1.165) is 28.0 Å². The van der Waals surface area contributed by atoms with Gasteiger partial charge in [0.05, 0.1) is 19.3 Å². The molecule has 0 aliphatic heterocycles. The van der Waals surface area contributed by atoms with Crippen molar-refractivity contribution in [1.29, 1.82) is 0 Å². The quantitative estimate of drug-likeness (QED) is 0.567. The largest absolute Gasteiger partial charge is 0.497 e. The van der Waals surface area contributed by atoms with Crippen molar-refractivity contribution in [1.82, 2.24) is 29.9 Å². The van der Waals surface area contributed by atoms with Gasteiger partial charge >= 0.3 is 0 Å². The van der Waals surface area contributed by atoms with Gasteiger partial charge in [0.15, 0.2) is 0 Å². The van der Waals surface area contributed by atoms with Crippen LogP contribution in [0.4, 0.5) is 0 Å². The van der Waals surface area contributed by atoms with Crippen molar-refractivity contribution in [3.05, 3.63) is 53.7 Å². The molecule has 0 spiro atoms. The Kier molecular flexibility index (Phi) is 4.23. The molecule has 0 atom stereocenters. The van der Waals surface area contributed by atoms with Crippen LogP contribution >= 0.6 is 0 Å². The van der Waals surface area contributed by atoms with Gasteiger partial charge in [-0.15, -0.1) is 0 Å². The van der Waals surface area contributed by atoms with E-state index >= 15 is 0 Å². The van der Waals surface area contributed by atoms with Crippen molar-refractivity contribution in [2.75, 3.05) is 7.11 Å². The molecule has 0 fully saturated rings. The summed E-state index contributed by atoms with van der Waals surface area (Å²) in [6.07, 6.45) is 1.44. The van der Waals surface area contributed by atoms with E-state index in [1.54, 1.807) is 17.7 Å². The third-order valence-corrected chi connectivity index (χ3v) is 4.43. The zero-order valence-corrected chi connectivity index (χ0v) is 15.4. The molecule has 0 saturated heterocycles. The summed E-state index contributed by atoms with van der Waals surface area (Å²) >= 11 is 0. The molecule has 0 radical (unpaired) electrons. The fourth-order valence-electron chi connectivity index (χ4n) is 3.02. The summed E-state index contributed by atoms with van der Waals surface area (Å²) in [4.78, 5) is 24.3. The van der Waals surface area contributed by atoms with E-state index in [0.29, 0.717) is 18.0 Å². The van der Waals surface area contributed by atoms with Crippen molar-refractivity contribution < 1.29 is 9.53 Å². The molecule has 2 N–H and O–H groups in total. The van der Waals surface area contributed by atoms with Crippen LogP contribution in [0.15, 0.2) is 36.7 Å². The second-order valence-electron chi connectivity index (χ2n) is 6.62. The Bertz CT molecular complexity index is 1130. The van der Waals surface area contributed by atoms with Gasteiger partial charge in [-0.3, -0.25) is 4.79 Å². The number of carbonyl (C=O) groups is 1. The van der Waals surface area contributed by atoms with Crippen LogP contribution in [0, 0.1) is 0 Å². The first-order valence-electron chi connectivity index (χ1n) is 8.69. The summed E-state index contributed by atoms with van der Waals surface area (Å²) in [6.45, 7) is 4.44. The fourth-order valence-corrected chi connectivity index (χ4v) is 3.02. The maximum Gasteiger partial charge on any atom is 0.270 e. The Hall–Kier alpha value is -3.42. The first-order chi connectivity index (χ1) is 13.0. The summed E-state index contributed by atoms with van der Waals surface area (Å²) in [6, 6.07) is 9.55. The van der Waals surface area contributed by atoms with E-state index in [1.165, 1.54) is 6.33 Å². The highest BCUT2D eigenvalue weighted by Crippen LogP contribution is 2.21. The molecule has 8 heteroatoms. The maximum atomic E-state index is 12.6. The van der Waals surface area contributed by atoms with Gasteiger partial charge in [0.25, 0.3) is 11.7 Å². The number of nitrogens with one attached hydrogen (secondary N) is 2. The van der Waals surface area contributed by atoms with E-state index in [1.807, 2.05) is 38.1 Å². The zero-order chi connectivity index (χ0) is 19.0. The molecule has 1 aromatic carbocycles. The normalized spacial score (nSPS) is 11.4. The van der Waals surface area contributed by atoms with E-state index in [4.69, 9.17) is 4.74 Å². The smallest absolute Gasteiger partial charge is 0.270 e. The molecule has 3 heterocycles. The lowest BCUT2D eigenvalue weighted by atomic mass is 10.1. The average molecular weight is 364 g/mol. The number of fused-ring (bicyclic) bond motifs is 2. The second-order valence-corrected chi connectivity index (χ2v) is 6.62. The molecule has 4 rings (SSSR count). The van der Waals surface area contributed by atoms with E-state index in [9.17, 15) is 4.79 Å². The van der Waals surface area contributed by atoms with Gasteiger partial charge < -0.3 is 15.0 Å². The number of amides is 1. The van der Waals surface area contributed by atoms with Crippen molar-refractivity contribution in [2.45, 2.75) is 26.3 Å². The molecule has 0 aliphatic carbocycles. The average Bonchev–Trinajstić information content (AvgIpc) is 3.30. The number of H-pyrrole nitrogens is 1. The molecule has 27 heavy (non-hydrogen) atoms. The van der Waals surface area contributed by atoms with Crippen LogP contribution in [0.2, 0.25) is 0 Å². The standard InChI is InChI=1S/C19H20N6O2/c1-11(2)17-8-16(24-19-21-10-22-25(17)19)18(26)20-9-13-6-12-7-14(27-3)4-5-15(12)23-13/h4-8,10-11,23H,9H2,1-3H3,(H,20,26). The topological polar surface area (TPSA) is 97.2 Å². The molecule has 0 bridgehead atoms. The number of benzene rings is 1. The Morgan fingerprint density at radius 1 is 1.30 bits per heavy atom. The van der Waals surface area contributed by atoms with Gasteiger partial charge in [0.2, 0.25) is 0 Å². The number of nitrogens with zero attached hydrogens (tertiary/aromatic N) is 4. The van der Waals surface area contributed by atoms with Gasteiger partial charge in [-0.05, 0) is 36.2 Å². The number of carbonyl (C=O) groups excluding carboxylic acids is 1. The lowest BCUT2D eigenvalue weighted by molar-refractivity contribution is 0.0945. The van der Waals surface area contributed by atoms with Crippen LogP contribution in [0.1, 0.15) is 41.6 Å². The lowest BCUT2D eigenvalue weighted by Gasteiger charge is -2.10. The first-order valence-corrected chi connectivity index (χ1v) is 8.69. The van der Waals surface area contributed by atoms with E-state index in [-0.39, 0.29) is 11.8 Å². The van der Waals surface area contributed by atoms with Crippen LogP contribution in [0.25, 0.3) is 16.7 Å². The van der Waals surface area contributed by atoms with E-state index < -0.39 is 0 Å². The predicted octanol–water partition coefficient (Wildman–Crippen LogP) is 2.67. The highest BCUT2D eigenvalue weighted by molar-refractivity contribution is 5.92. The predicted molar refractivity (Wildman–Crippen MR) is 101 cm³/mol. The number of hydrogen-bond donors (Lipinski definition) is 2. The van der Waals surface area contributed by atoms with Crippen LogP contribution in [-0.2, 0) is 6.54 Å². The monoisotopic (exact) mass is 364 g/mol. The van der Waals surface area contributed by atoms with Crippen LogP contribution in [-0.4, -0.2) is 37.6 Å². The van der Waals surface area contributed by atoms with Gasteiger partial charge in [0.1, 0.15) is 17.8 Å². The molecule has 0 aliphatic rings. The molecule has 0 saturated carbocycles. The molecule has 1 amide bonds. The van der Waals surface area contributed by atoms with Crippen molar-refractivity contribution >= 4 is 22.6 Å². The third kappa shape index (κ3) is 3.21. The van der Waals surface area contributed by atoms with Crippen molar-refractivity contribution in [2.24, 2.45) is 0 Å². The van der Waals surface area contributed by atoms with Crippen LogP contribution in [0.5, 0.6) is 5.75 Å². The molecule has 0 unspecified atom stereocenters. The number of aromatic amines is 1. The number of aromatic nitrogens is 5. The fraction of sp³-hybridized carbons (Fsp3) is 0.263. The number of ether oxygens (including phenoxy) is 1. The van der Waals surface area contributed by atoms with Gasteiger partial charge in [0, 0.05) is 16.6 Å². The van der Waals surface area contributed by atoms with Crippen LogP contribution in [0.3, 0.4) is 0 Å². The Labute approximate surface area is 155 Å². The summed E-state index contributed by atoms with van der Waals surface area (Å²) < 4.78 is 6.90. The maximum absolute atomic E-state index is 12.6. The highest BCUT2D eigenvalue weighted by Gasteiger charge is 2.15. The zero-order valence-electron chi connectivity index (χ0n) is 15.4. The molecule has 3 aromatic heterocycles. The molecule has 138 valence electrons. The Balaban J connectivity index is 1.55. The Morgan fingerprint density at radius 2 is 2.15 bits per heavy atom. The molecule has 4 aromatic rings. The number of hydrogen-bond acceptors (Lipinski definition) is 5. The molecular formula is C19H20N6O2. The first kappa shape index (κ1) is 17.0. The minimum Gasteiger partial charge on any atom is -0.497 e. The highest BCUT2D eigenvalue weighted by atomic mass is 16.5. The molecule has 8 nitrogen and oxygen atoms in total. The SMILES string of the molecule is COc1ccc2[nH]c(CNC(=O)c3cc(C(C)C)n4ncnc4n3)cc2c1. The Morgan fingerprint density at radius 3 is 2.93 bits per heavy atom. The number of methoxy groups -OCH3 is 1. The summed E-state index contributed by atoms with van der Waals surface area (Å²) in [7, 11) is 1.64. The third-order valence-electron chi connectivity index (χ3n) is 4.43. The van der Waals surface area contributed by atoms with Gasteiger partial charge in [-0.2, -0.15) is 10.1 Å². The van der Waals surface area contributed by atoms with Crippen molar-refractivity contribution in [3.63, 3.8) is 0 Å².